The highest BCUT2D eigenvalue weighted by atomic mass is 32.2. The van der Waals surface area contributed by atoms with Crippen LogP contribution < -0.4 is 10.1 Å². The predicted molar refractivity (Wildman–Crippen MR) is 122 cm³/mol. The maximum atomic E-state index is 12.7. The Kier molecular flexibility index (Phi) is 7.06. The minimum atomic E-state index is -0.175. The Labute approximate surface area is 180 Å². The third-order valence-corrected chi connectivity index (χ3v) is 5.64. The lowest BCUT2D eigenvalue weighted by molar-refractivity contribution is -0.122. The molecule has 2 aromatic rings. The summed E-state index contributed by atoms with van der Waals surface area (Å²) < 4.78 is 5.86. The Balaban J connectivity index is 1.55. The molecule has 2 aromatic carbocycles. The van der Waals surface area contributed by atoms with Gasteiger partial charge in [0.1, 0.15) is 10.1 Å². The standard InChI is InChI=1S/C22H22N2O3S2/c1-3-27-18-10-8-17(9-11-18)23-20(25)12-13-24-21(26)19(29-22(24)28)14-16-6-4-15(2)5-7-16/h4-11,14H,3,12-13H2,1-2H3,(H,23,25). The fraction of sp³-hybridized carbons (Fsp3) is 0.227. The molecule has 0 atom stereocenters. The number of benzene rings is 2. The number of carbonyl (C=O) groups is 2. The van der Waals surface area contributed by atoms with Crippen LogP contribution in [0.2, 0.25) is 0 Å². The van der Waals surface area contributed by atoms with E-state index < -0.39 is 0 Å². The number of carbonyl (C=O) groups excluding carboxylic acids is 2. The van der Waals surface area contributed by atoms with Crippen molar-refractivity contribution < 1.29 is 14.3 Å². The highest BCUT2D eigenvalue weighted by Crippen LogP contribution is 2.32. The van der Waals surface area contributed by atoms with E-state index in [9.17, 15) is 9.59 Å². The van der Waals surface area contributed by atoms with Gasteiger partial charge in [-0.25, -0.2) is 0 Å². The van der Waals surface area contributed by atoms with E-state index in [-0.39, 0.29) is 24.8 Å². The first-order chi connectivity index (χ1) is 14.0. The van der Waals surface area contributed by atoms with Crippen molar-refractivity contribution in [3.05, 3.63) is 64.6 Å². The molecular formula is C22H22N2O3S2. The number of ether oxygens (including phenoxy) is 1. The fourth-order valence-electron chi connectivity index (χ4n) is 2.74. The molecule has 0 aromatic heterocycles. The van der Waals surface area contributed by atoms with Gasteiger partial charge in [-0.2, -0.15) is 0 Å². The van der Waals surface area contributed by atoms with Crippen molar-refractivity contribution in [1.82, 2.24) is 4.90 Å². The maximum Gasteiger partial charge on any atom is 0.266 e. The number of thioether (sulfide) groups is 1. The van der Waals surface area contributed by atoms with Crippen LogP contribution >= 0.6 is 24.0 Å². The number of amides is 2. The molecule has 1 fully saturated rings. The van der Waals surface area contributed by atoms with E-state index in [0.717, 1.165) is 16.9 Å². The summed E-state index contributed by atoms with van der Waals surface area (Å²) in [4.78, 5) is 27.0. The van der Waals surface area contributed by atoms with Crippen molar-refractivity contribution in [3.63, 3.8) is 0 Å². The molecule has 0 radical (unpaired) electrons. The van der Waals surface area contributed by atoms with Gasteiger partial charge in [0, 0.05) is 18.7 Å². The van der Waals surface area contributed by atoms with E-state index in [0.29, 0.717) is 21.5 Å². The number of nitrogens with zero attached hydrogens (tertiary/aromatic N) is 1. The normalized spacial score (nSPS) is 15.1. The molecule has 1 aliphatic rings. The molecule has 5 nitrogen and oxygen atoms in total. The van der Waals surface area contributed by atoms with Crippen molar-refractivity contribution in [3.8, 4) is 5.75 Å². The molecule has 150 valence electrons. The molecule has 1 saturated heterocycles. The topological polar surface area (TPSA) is 58.6 Å². The first-order valence-corrected chi connectivity index (χ1v) is 10.5. The third-order valence-electron chi connectivity index (χ3n) is 4.26. The molecule has 0 spiro atoms. The van der Waals surface area contributed by atoms with E-state index in [1.165, 1.54) is 16.7 Å². The van der Waals surface area contributed by atoms with Crippen molar-refractivity contribution in [2.24, 2.45) is 0 Å². The highest BCUT2D eigenvalue weighted by molar-refractivity contribution is 8.26. The molecule has 1 heterocycles. The van der Waals surface area contributed by atoms with Crippen LogP contribution in [0.3, 0.4) is 0 Å². The maximum absolute atomic E-state index is 12.7. The van der Waals surface area contributed by atoms with Crippen LogP contribution in [0.25, 0.3) is 6.08 Å². The minimum Gasteiger partial charge on any atom is -0.494 e. The van der Waals surface area contributed by atoms with Crippen LogP contribution in [0.4, 0.5) is 5.69 Å². The lowest BCUT2D eigenvalue weighted by Crippen LogP contribution is -2.31. The zero-order valence-electron chi connectivity index (χ0n) is 16.3. The SMILES string of the molecule is CCOc1ccc(NC(=O)CCN2C(=O)C(=Cc3ccc(C)cc3)SC2=S)cc1. The minimum absolute atomic E-state index is 0.158. The van der Waals surface area contributed by atoms with Gasteiger partial charge >= 0.3 is 0 Å². The molecule has 0 bridgehead atoms. The zero-order valence-corrected chi connectivity index (χ0v) is 17.9. The van der Waals surface area contributed by atoms with Gasteiger partial charge in [0.15, 0.2) is 0 Å². The van der Waals surface area contributed by atoms with Gasteiger partial charge in [-0.3, -0.25) is 14.5 Å². The predicted octanol–water partition coefficient (Wildman–Crippen LogP) is 4.62. The molecule has 1 N–H and O–H groups in total. The van der Waals surface area contributed by atoms with Crippen LogP contribution in [0.1, 0.15) is 24.5 Å². The molecule has 1 aliphatic heterocycles. The number of nitrogens with one attached hydrogen (secondary N) is 1. The third kappa shape index (κ3) is 5.68. The molecule has 0 saturated carbocycles. The molecule has 7 heteroatoms. The van der Waals surface area contributed by atoms with Crippen LogP contribution in [-0.4, -0.2) is 34.2 Å². The lowest BCUT2D eigenvalue weighted by atomic mass is 10.1. The van der Waals surface area contributed by atoms with Gasteiger partial charge in [0.05, 0.1) is 11.5 Å². The van der Waals surface area contributed by atoms with Crippen molar-refractivity contribution in [2.75, 3.05) is 18.5 Å². The Morgan fingerprint density at radius 1 is 1.17 bits per heavy atom. The first kappa shape index (κ1) is 21.1. The lowest BCUT2D eigenvalue weighted by Gasteiger charge is -2.14. The van der Waals surface area contributed by atoms with Gasteiger partial charge in [-0.05, 0) is 49.8 Å². The first-order valence-electron chi connectivity index (χ1n) is 9.31. The second-order valence-corrected chi connectivity index (χ2v) is 8.18. The summed E-state index contributed by atoms with van der Waals surface area (Å²) in [5.41, 5.74) is 2.79. The summed E-state index contributed by atoms with van der Waals surface area (Å²) in [6.07, 6.45) is 2.00. The van der Waals surface area contributed by atoms with E-state index >= 15 is 0 Å². The van der Waals surface area contributed by atoms with E-state index in [1.807, 2.05) is 44.2 Å². The number of thiocarbonyl (C=S) groups is 1. The number of hydrogen-bond donors (Lipinski definition) is 1. The van der Waals surface area contributed by atoms with Gasteiger partial charge in [0.2, 0.25) is 5.91 Å². The number of hydrogen-bond acceptors (Lipinski definition) is 5. The molecular weight excluding hydrogens is 404 g/mol. The summed E-state index contributed by atoms with van der Waals surface area (Å²) in [5, 5.41) is 2.82. The Morgan fingerprint density at radius 3 is 2.52 bits per heavy atom. The van der Waals surface area contributed by atoms with Crippen LogP contribution in [0.5, 0.6) is 5.75 Å². The van der Waals surface area contributed by atoms with Gasteiger partial charge in [-0.1, -0.05) is 53.8 Å². The molecule has 3 rings (SSSR count). The summed E-state index contributed by atoms with van der Waals surface area (Å²) in [7, 11) is 0. The average Bonchev–Trinajstić information content (AvgIpc) is 2.96. The number of anilines is 1. The summed E-state index contributed by atoms with van der Waals surface area (Å²) >= 11 is 6.60. The van der Waals surface area contributed by atoms with Crippen LogP contribution in [-0.2, 0) is 9.59 Å². The van der Waals surface area contributed by atoms with Crippen molar-refractivity contribution in [1.29, 1.82) is 0 Å². The second-order valence-electron chi connectivity index (χ2n) is 6.50. The average molecular weight is 427 g/mol. The Hall–Kier alpha value is -2.64. The van der Waals surface area contributed by atoms with Crippen LogP contribution in [0.15, 0.2) is 53.4 Å². The molecule has 2 amide bonds. The zero-order chi connectivity index (χ0) is 20.8. The number of aryl methyl sites for hydroxylation is 1. The van der Waals surface area contributed by atoms with E-state index in [1.54, 1.807) is 24.3 Å². The Bertz CT molecular complexity index is 938. The smallest absolute Gasteiger partial charge is 0.266 e. The van der Waals surface area contributed by atoms with Crippen molar-refractivity contribution in [2.45, 2.75) is 20.3 Å². The monoisotopic (exact) mass is 426 g/mol. The summed E-state index contributed by atoms with van der Waals surface area (Å²) in [6, 6.07) is 15.1. The summed E-state index contributed by atoms with van der Waals surface area (Å²) in [6.45, 7) is 4.77. The summed E-state index contributed by atoms with van der Waals surface area (Å²) in [5.74, 6) is 0.420. The molecule has 0 unspecified atom stereocenters. The van der Waals surface area contributed by atoms with E-state index in [4.69, 9.17) is 17.0 Å². The van der Waals surface area contributed by atoms with Gasteiger partial charge < -0.3 is 10.1 Å². The molecule has 0 aliphatic carbocycles. The van der Waals surface area contributed by atoms with E-state index in [2.05, 4.69) is 5.32 Å². The highest BCUT2D eigenvalue weighted by Gasteiger charge is 2.32. The van der Waals surface area contributed by atoms with Crippen molar-refractivity contribution >= 4 is 51.9 Å². The second kappa shape index (κ2) is 9.71. The quantitative estimate of drug-likeness (QED) is 0.517. The Morgan fingerprint density at radius 2 is 1.86 bits per heavy atom. The fourth-order valence-corrected chi connectivity index (χ4v) is 4.05. The van der Waals surface area contributed by atoms with Gasteiger partial charge in [0.25, 0.3) is 5.91 Å². The number of rotatable bonds is 7. The van der Waals surface area contributed by atoms with Crippen LogP contribution in [0, 0.1) is 6.92 Å². The molecule has 29 heavy (non-hydrogen) atoms. The largest absolute Gasteiger partial charge is 0.494 e. The van der Waals surface area contributed by atoms with Gasteiger partial charge in [-0.15, -0.1) is 0 Å².